The molecule has 2 heterocycles. The summed E-state index contributed by atoms with van der Waals surface area (Å²) in [6, 6.07) is 14.4. The number of halogens is 4. The van der Waals surface area contributed by atoms with Gasteiger partial charge in [0.25, 0.3) is 11.5 Å². The van der Waals surface area contributed by atoms with Crippen molar-refractivity contribution in [2.75, 3.05) is 6.67 Å². The average molecular weight is 544 g/mol. The number of rotatable bonds is 7. The molecule has 196 valence electrons. The van der Waals surface area contributed by atoms with E-state index in [0.717, 1.165) is 23.3 Å². The van der Waals surface area contributed by atoms with Gasteiger partial charge in [0.1, 0.15) is 5.75 Å². The number of nitrogens with zero attached hydrogens (tertiary/aromatic N) is 3. The molecule has 0 saturated carbocycles. The van der Waals surface area contributed by atoms with Crippen molar-refractivity contribution in [2.45, 2.75) is 32.5 Å². The molecule has 2 aromatic carbocycles. The van der Waals surface area contributed by atoms with Gasteiger partial charge in [0.05, 0.1) is 36.1 Å². The molecule has 0 spiro atoms. The van der Waals surface area contributed by atoms with Crippen LogP contribution in [0.15, 0.2) is 64.8 Å². The first kappa shape index (κ1) is 26.8. The first-order chi connectivity index (χ1) is 18.1. The third kappa shape index (κ3) is 5.98. The lowest BCUT2D eigenvalue weighted by Crippen LogP contribution is -2.49. The van der Waals surface area contributed by atoms with E-state index in [1.165, 1.54) is 24.3 Å². The highest BCUT2D eigenvalue weighted by molar-refractivity contribution is 6.30. The molecule has 1 aliphatic heterocycles. The van der Waals surface area contributed by atoms with Crippen molar-refractivity contribution in [1.29, 1.82) is 5.26 Å². The van der Waals surface area contributed by atoms with E-state index < -0.39 is 35.8 Å². The van der Waals surface area contributed by atoms with Crippen molar-refractivity contribution in [2.24, 2.45) is 0 Å². The Bertz CT molecular complexity index is 1490. The average Bonchev–Trinajstić information content (AvgIpc) is 2.87. The molecule has 4 rings (SSSR count). The Hall–Kier alpha value is -4.30. The minimum absolute atomic E-state index is 0.0439. The molecule has 1 aromatic heterocycles. The van der Waals surface area contributed by atoms with Crippen LogP contribution in [-0.4, -0.2) is 33.8 Å². The first-order valence-corrected chi connectivity index (χ1v) is 11.9. The molecule has 0 unspecified atom stereocenters. The number of alkyl halides is 3. The topological polar surface area (TPSA) is 111 Å². The number of carbonyl (C=O) groups excluding carboxylic acids is 1. The molecule has 0 atom stereocenters. The highest BCUT2D eigenvalue weighted by Gasteiger charge is 2.44. The van der Waals surface area contributed by atoms with E-state index >= 15 is 0 Å². The summed E-state index contributed by atoms with van der Waals surface area (Å²) in [5.41, 5.74) is 0.543. The zero-order valence-corrected chi connectivity index (χ0v) is 20.8. The van der Waals surface area contributed by atoms with Gasteiger partial charge < -0.3 is 15.0 Å². The molecule has 2 N–H and O–H groups in total. The molecule has 3 aromatic rings. The van der Waals surface area contributed by atoms with Crippen LogP contribution in [0.25, 0.3) is 11.1 Å². The van der Waals surface area contributed by atoms with Gasteiger partial charge in [0.15, 0.2) is 5.70 Å². The molecule has 1 amide bonds. The zero-order valence-electron chi connectivity index (χ0n) is 20.0. The van der Waals surface area contributed by atoms with Crippen LogP contribution in [0.4, 0.5) is 13.2 Å². The summed E-state index contributed by atoms with van der Waals surface area (Å²) >= 11 is 5.93. The minimum Gasteiger partial charge on any atom is -0.449 e. The Morgan fingerprint density at radius 1 is 1.16 bits per heavy atom. The molecule has 0 aliphatic carbocycles. The number of nitriles is 1. The number of amides is 1. The van der Waals surface area contributed by atoms with E-state index in [1.807, 2.05) is 18.2 Å². The van der Waals surface area contributed by atoms with E-state index in [0.29, 0.717) is 11.1 Å². The van der Waals surface area contributed by atoms with Crippen molar-refractivity contribution in [1.82, 2.24) is 20.4 Å². The molecule has 8 nitrogen and oxygen atoms in total. The van der Waals surface area contributed by atoms with Gasteiger partial charge in [0, 0.05) is 5.02 Å². The van der Waals surface area contributed by atoms with Gasteiger partial charge in [0.2, 0.25) is 5.76 Å². The molecule has 0 saturated heterocycles. The summed E-state index contributed by atoms with van der Waals surface area (Å²) < 4.78 is 46.5. The molecule has 38 heavy (non-hydrogen) atoms. The second-order valence-corrected chi connectivity index (χ2v) is 8.91. The summed E-state index contributed by atoms with van der Waals surface area (Å²) in [7, 11) is 0. The quantitative estimate of drug-likeness (QED) is 0.448. The number of hydrogen-bond donors (Lipinski definition) is 2. The lowest BCUT2D eigenvalue weighted by atomic mass is 10.0. The minimum atomic E-state index is -4.92. The van der Waals surface area contributed by atoms with Gasteiger partial charge in [-0.25, -0.2) is 5.10 Å². The monoisotopic (exact) mass is 543 g/mol. The Morgan fingerprint density at radius 2 is 1.89 bits per heavy atom. The Labute approximate surface area is 220 Å². The number of carbonyl (C=O) groups is 1. The Balaban J connectivity index is 1.62. The highest BCUT2D eigenvalue weighted by atomic mass is 35.5. The number of allylic oxidation sites excluding steroid dienone is 1. The maximum absolute atomic E-state index is 13.7. The number of aromatic amines is 1. The van der Waals surface area contributed by atoms with Gasteiger partial charge >= 0.3 is 6.18 Å². The second kappa shape index (κ2) is 11.0. The van der Waals surface area contributed by atoms with Gasteiger partial charge in [-0.15, -0.1) is 0 Å². The number of H-pyrrole nitrogens is 1. The number of aryl methyl sites for hydroxylation is 1. The van der Waals surface area contributed by atoms with Crippen LogP contribution in [-0.2, 0) is 17.8 Å². The van der Waals surface area contributed by atoms with Crippen LogP contribution < -0.4 is 15.6 Å². The largest absolute Gasteiger partial charge is 0.449 e. The molecule has 0 radical (unpaired) electrons. The van der Waals surface area contributed by atoms with Crippen molar-refractivity contribution in [3.05, 3.63) is 92.2 Å². The Kier molecular flexibility index (Phi) is 7.73. The summed E-state index contributed by atoms with van der Waals surface area (Å²) in [6.07, 6.45) is -3.04. The van der Waals surface area contributed by atoms with Gasteiger partial charge in [-0.05, 0) is 41.8 Å². The maximum atomic E-state index is 13.7. The fraction of sp³-hybridized carbons (Fsp3) is 0.231. The van der Waals surface area contributed by atoms with Crippen molar-refractivity contribution in [3.63, 3.8) is 0 Å². The van der Waals surface area contributed by atoms with E-state index in [1.54, 1.807) is 12.1 Å². The molecular formula is C26H21ClF3N5O3. The van der Waals surface area contributed by atoms with E-state index in [2.05, 4.69) is 22.4 Å². The number of benzene rings is 2. The molecule has 12 heteroatoms. The van der Waals surface area contributed by atoms with E-state index in [-0.39, 0.29) is 28.6 Å². The number of aromatic nitrogens is 2. The fourth-order valence-corrected chi connectivity index (χ4v) is 4.14. The van der Waals surface area contributed by atoms with Crippen molar-refractivity contribution < 1.29 is 22.7 Å². The maximum Gasteiger partial charge on any atom is 0.434 e. The van der Waals surface area contributed by atoms with Crippen LogP contribution in [0.5, 0.6) is 5.75 Å². The third-order valence-corrected chi connectivity index (χ3v) is 5.89. The normalized spacial score (nSPS) is 13.8. The number of ether oxygens (including phenoxy) is 1. The number of nitrogens with one attached hydrogen (secondary N) is 2. The van der Waals surface area contributed by atoms with Gasteiger partial charge in [-0.1, -0.05) is 49.2 Å². The SMILES string of the molecule is CCCc1ccc(-c2cc(CN3CNC(C(F)(F)F)=C(Oc4cc(Cl)cc(C#N)c4)C3=O)n[nH]c2=O)cc1. The Morgan fingerprint density at radius 3 is 2.55 bits per heavy atom. The lowest BCUT2D eigenvalue weighted by Gasteiger charge is -2.31. The van der Waals surface area contributed by atoms with E-state index in [4.69, 9.17) is 21.6 Å². The molecular weight excluding hydrogens is 523 g/mol. The standard InChI is InChI=1S/C26H21ClF3N5O3/c1-2-3-15-4-6-17(7-5-15)21-11-19(33-34-24(21)36)13-35-14-32-23(26(28,29)30)22(25(35)37)38-20-9-16(12-31)8-18(27)10-20/h4-11,32H,2-3,13-14H2,1H3,(H,34,36). The smallest absolute Gasteiger partial charge is 0.434 e. The van der Waals surface area contributed by atoms with E-state index in [9.17, 15) is 22.8 Å². The predicted molar refractivity (Wildman–Crippen MR) is 133 cm³/mol. The molecule has 0 bridgehead atoms. The van der Waals surface area contributed by atoms with Gasteiger partial charge in [-0.2, -0.15) is 23.5 Å². The molecule has 0 fully saturated rings. The number of hydrogen-bond acceptors (Lipinski definition) is 6. The zero-order chi connectivity index (χ0) is 27.4. The fourth-order valence-electron chi connectivity index (χ4n) is 3.91. The van der Waals surface area contributed by atoms with Crippen LogP contribution in [0.3, 0.4) is 0 Å². The van der Waals surface area contributed by atoms with Crippen LogP contribution in [0, 0.1) is 11.3 Å². The second-order valence-electron chi connectivity index (χ2n) is 8.48. The van der Waals surface area contributed by atoms with Crippen LogP contribution in [0.1, 0.15) is 30.2 Å². The van der Waals surface area contributed by atoms with Crippen LogP contribution >= 0.6 is 11.6 Å². The molecule has 1 aliphatic rings. The van der Waals surface area contributed by atoms with Gasteiger partial charge in [-0.3, -0.25) is 9.59 Å². The highest BCUT2D eigenvalue weighted by Crippen LogP contribution is 2.32. The summed E-state index contributed by atoms with van der Waals surface area (Å²) in [4.78, 5) is 26.6. The van der Waals surface area contributed by atoms with Crippen LogP contribution in [0.2, 0.25) is 5.02 Å². The first-order valence-electron chi connectivity index (χ1n) is 11.5. The predicted octanol–water partition coefficient (Wildman–Crippen LogP) is 4.66. The lowest BCUT2D eigenvalue weighted by molar-refractivity contribution is -0.137. The van der Waals surface area contributed by atoms with Crippen molar-refractivity contribution in [3.8, 4) is 22.9 Å². The third-order valence-electron chi connectivity index (χ3n) is 5.67. The summed E-state index contributed by atoms with van der Waals surface area (Å²) in [5.74, 6) is -2.28. The summed E-state index contributed by atoms with van der Waals surface area (Å²) in [5, 5.41) is 17.7. The summed E-state index contributed by atoms with van der Waals surface area (Å²) in [6.45, 7) is 1.36. The van der Waals surface area contributed by atoms with Crippen molar-refractivity contribution >= 4 is 17.5 Å².